The standard InChI is InChI=1S/C11H6F3NO3/c12-11(13,14)7-3-1-2-6(4-7)8(5-15)9(16)10(17)18/h1-4,8H,(H,17,18)/p-1. The molecule has 1 aromatic rings. The Kier molecular flexibility index (Phi) is 3.71. The van der Waals surface area contributed by atoms with Gasteiger partial charge in [-0.15, -0.1) is 0 Å². The zero-order valence-corrected chi connectivity index (χ0v) is 8.69. The molecule has 0 aliphatic heterocycles. The van der Waals surface area contributed by atoms with Gasteiger partial charge in [0.25, 0.3) is 0 Å². The van der Waals surface area contributed by atoms with Gasteiger partial charge in [0.15, 0.2) is 5.78 Å². The molecule has 0 fully saturated rings. The van der Waals surface area contributed by atoms with Gasteiger partial charge in [-0.05, 0) is 11.6 Å². The summed E-state index contributed by atoms with van der Waals surface area (Å²) in [6, 6.07) is 4.72. The minimum atomic E-state index is -4.64. The van der Waals surface area contributed by atoms with E-state index in [2.05, 4.69) is 0 Å². The molecule has 0 aliphatic rings. The summed E-state index contributed by atoms with van der Waals surface area (Å²) >= 11 is 0. The van der Waals surface area contributed by atoms with E-state index >= 15 is 0 Å². The van der Waals surface area contributed by atoms with Gasteiger partial charge in [0.1, 0.15) is 11.9 Å². The molecule has 4 nitrogen and oxygen atoms in total. The van der Waals surface area contributed by atoms with Crippen LogP contribution in [0, 0.1) is 11.3 Å². The van der Waals surface area contributed by atoms with E-state index in [4.69, 9.17) is 5.26 Å². The normalized spacial score (nSPS) is 12.6. The highest BCUT2D eigenvalue weighted by molar-refractivity contribution is 6.34. The first kappa shape index (κ1) is 13.7. The number of carboxylic acid groups (broad SMARTS) is 1. The summed E-state index contributed by atoms with van der Waals surface area (Å²) in [6.07, 6.45) is -4.64. The molecule has 0 saturated heterocycles. The van der Waals surface area contributed by atoms with Gasteiger partial charge >= 0.3 is 6.18 Å². The maximum Gasteiger partial charge on any atom is 0.416 e. The van der Waals surface area contributed by atoms with Crippen LogP contribution in [0.4, 0.5) is 13.2 Å². The lowest BCUT2D eigenvalue weighted by Gasteiger charge is -2.12. The number of carboxylic acids is 1. The van der Waals surface area contributed by atoms with E-state index in [0.29, 0.717) is 6.07 Å². The number of hydrogen-bond donors (Lipinski definition) is 0. The van der Waals surface area contributed by atoms with Crippen molar-refractivity contribution in [3.8, 4) is 6.07 Å². The molecular weight excluding hydrogens is 251 g/mol. The molecule has 0 aromatic heterocycles. The summed E-state index contributed by atoms with van der Waals surface area (Å²) in [4.78, 5) is 21.4. The van der Waals surface area contributed by atoms with Crippen LogP contribution >= 0.6 is 0 Å². The fraction of sp³-hybridized carbons (Fsp3) is 0.182. The van der Waals surface area contributed by atoms with Gasteiger partial charge in [-0.1, -0.05) is 18.2 Å². The average molecular weight is 256 g/mol. The second-order valence-corrected chi connectivity index (χ2v) is 3.34. The van der Waals surface area contributed by atoms with Gasteiger partial charge in [0.05, 0.1) is 11.6 Å². The van der Waals surface area contributed by atoms with Gasteiger partial charge < -0.3 is 9.90 Å². The van der Waals surface area contributed by atoms with Gasteiger partial charge in [0.2, 0.25) is 0 Å². The van der Waals surface area contributed by atoms with Crippen LogP contribution in [0.3, 0.4) is 0 Å². The fourth-order valence-electron chi connectivity index (χ4n) is 1.30. The molecule has 1 unspecified atom stereocenters. The van der Waals surface area contributed by atoms with E-state index in [0.717, 1.165) is 18.2 Å². The Morgan fingerprint density at radius 3 is 2.39 bits per heavy atom. The lowest BCUT2D eigenvalue weighted by atomic mass is 9.94. The van der Waals surface area contributed by atoms with E-state index in [1.165, 1.54) is 6.07 Å². The number of nitriles is 1. The van der Waals surface area contributed by atoms with Crippen LogP contribution in [0.15, 0.2) is 24.3 Å². The molecule has 0 radical (unpaired) electrons. The molecule has 1 rings (SSSR count). The topological polar surface area (TPSA) is 81.0 Å². The third-order valence-electron chi connectivity index (χ3n) is 2.14. The highest BCUT2D eigenvalue weighted by Crippen LogP contribution is 2.31. The van der Waals surface area contributed by atoms with E-state index in [1.54, 1.807) is 0 Å². The Morgan fingerprint density at radius 2 is 1.94 bits per heavy atom. The molecule has 94 valence electrons. The molecule has 0 spiro atoms. The molecule has 18 heavy (non-hydrogen) atoms. The fourth-order valence-corrected chi connectivity index (χ4v) is 1.30. The van der Waals surface area contributed by atoms with Crippen LogP contribution in [0.1, 0.15) is 17.0 Å². The number of hydrogen-bond acceptors (Lipinski definition) is 4. The predicted octanol–water partition coefficient (Wildman–Crippen LogP) is 0.632. The van der Waals surface area contributed by atoms with Crippen LogP contribution in [-0.2, 0) is 15.8 Å². The number of aliphatic carboxylic acids is 1. The SMILES string of the molecule is N#CC(C(=O)C(=O)[O-])c1cccc(C(F)(F)F)c1. The summed E-state index contributed by atoms with van der Waals surface area (Å²) in [5.41, 5.74) is -1.40. The smallest absolute Gasteiger partial charge is 0.416 e. The van der Waals surface area contributed by atoms with Crippen molar-refractivity contribution in [1.29, 1.82) is 5.26 Å². The number of carbonyl (C=O) groups excluding carboxylic acids is 2. The van der Waals surface area contributed by atoms with Gasteiger partial charge in [-0.25, -0.2) is 0 Å². The molecule has 1 atom stereocenters. The summed E-state index contributed by atoms with van der Waals surface area (Å²) in [5, 5.41) is 19.0. The summed E-state index contributed by atoms with van der Waals surface area (Å²) in [6.45, 7) is 0. The summed E-state index contributed by atoms with van der Waals surface area (Å²) < 4.78 is 37.2. The zero-order valence-electron chi connectivity index (χ0n) is 8.69. The monoisotopic (exact) mass is 256 g/mol. The van der Waals surface area contributed by atoms with E-state index in [1.807, 2.05) is 0 Å². The van der Waals surface area contributed by atoms with Crippen LogP contribution in [0.25, 0.3) is 0 Å². The molecule has 0 saturated carbocycles. The Labute approximate surface area is 99.3 Å². The third-order valence-corrected chi connectivity index (χ3v) is 2.14. The van der Waals surface area contributed by atoms with Crippen molar-refractivity contribution in [2.45, 2.75) is 12.1 Å². The molecule has 0 N–H and O–H groups in total. The Hall–Kier alpha value is -2.36. The number of ketones is 1. The Bertz CT molecular complexity index is 531. The minimum absolute atomic E-state index is 0.332. The Morgan fingerprint density at radius 1 is 1.33 bits per heavy atom. The van der Waals surface area contributed by atoms with E-state index in [-0.39, 0.29) is 5.56 Å². The van der Waals surface area contributed by atoms with Crippen molar-refractivity contribution in [3.05, 3.63) is 35.4 Å². The minimum Gasteiger partial charge on any atom is -0.542 e. The predicted molar refractivity (Wildman–Crippen MR) is 49.8 cm³/mol. The van der Waals surface area contributed by atoms with Gasteiger partial charge in [0, 0.05) is 0 Å². The number of nitrogens with zero attached hydrogens (tertiary/aromatic N) is 1. The van der Waals surface area contributed by atoms with Gasteiger partial charge in [-0.3, -0.25) is 4.79 Å². The maximum atomic E-state index is 12.4. The Balaban J connectivity index is 3.21. The molecule has 7 heteroatoms. The highest BCUT2D eigenvalue weighted by Gasteiger charge is 2.32. The molecule has 0 amide bonds. The average Bonchev–Trinajstić information content (AvgIpc) is 2.29. The van der Waals surface area contributed by atoms with Crippen LogP contribution in [-0.4, -0.2) is 11.8 Å². The van der Waals surface area contributed by atoms with E-state index < -0.39 is 29.4 Å². The first-order chi connectivity index (χ1) is 8.27. The molecule has 1 aromatic carbocycles. The van der Waals surface area contributed by atoms with Crippen molar-refractivity contribution >= 4 is 11.8 Å². The largest absolute Gasteiger partial charge is 0.542 e. The number of Topliss-reactive ketones (excluding diaryl/α,β-unsaturated/α-hetero) is 1. The number of carbonyl (C=O) groups is 2. The second kappa shape index (κ2) is 4.87. The van der Waals surface area contributed by atoms with Crippen molar-refractivity contribution < 1.29 is 27.9 Å². The zero-order chi connectivity index (χ0) is 13.9. The van der Waals surface area contributed by atoms with E-state index in [9.17, 15) is 27.9 Å². The first-order valence-electron chi connectivity index (χ1n) is 4.59. The number of halogens is 3. The van der Waals surface area contributed by atoms with Crippen LogP contribution < -0.4 is 5.11 Å². The number of rotatable bonds is 3. The quantitative estimate of drug-likeness (QED) is 0.743. The van der Waals surface area contributed by atoms with Crippen LogP contribution in [0.2, 0.25) is 0 Å². The lowest BCUT2D eigenvalue weighted by Crippen LogP contribution is -2.35. The summed E-state index contributed by atoms with van der Waals surface area (Å²) in [5.74, 6) is -5.49. The number of benzene rings is 1. The molecule has 0 aliphatic carbocycles. The first-order valence-corrected chi connectivity index (χ1v) is 4.59. The molecular formula is C11H5F3NO3-. The maximum absolute atomic E-state index is 12.4. The second-order valence-electron chi connectivity index (χ2n) is 3.34. The summed E-state index contributed by atoms with van der Waals surface area (Å²) in [7, 11) is 0. The van der Waals surface area contributed by atoms with Crippen molar-refractivity contribution in [2.75, 3.05) is 0 Å². The van der Waals surface area contributed by atoms with Crippen molar-refractivity contribution in [2.24, 2.45) is 0 Å². The van der Waals surface area contributed by atoms with Crippen molar-refractivity contribution in [3.63, 3.8) is 0 Å². The third kappa shape index (κ3) is 2.85. The molecule has 0 heterocycles. The highest BCUT2D eigenvalue weighted by atomic mass is 19.4. The van der Waals surface area contributed by atoms with Crippen LogP contribution in [0.5, 0.6) is 0 Å². The van der Waals surface area contributed by atoms with Crippen molar-refractivity contribution in [1.82, 2.24) is 0 Å². The number of alkyl halides is 3. The van der Waals surface area contributed by atoms with Gasteiger partial charge in [-0.2, -0.15) is 18.4 Å². The lowest BCUT2D eigenvalue weighted by molar-refractivity contribution is -0.300. The molecule has 0 bridgehead atoms.